The van der Waals surface area contributed by atoms with Gasteiger partial charge in [0.1, 0.15) is 0 Å². The van der Waals surface area contributed by atoms with Gasteiger partial charge in [-0.2, -0.15) is 0 Å². The third-order valence-corrected chi connectivity index (χ3v) is 7.40. The third kappa shape index (κ3) is 9.74. The average molecular weight is 543 g/mol. The highest BCUT2D eigenvalue weighted by atomic mass is 32.1. The van der Waals surface area contributed by atoms with Gasteiger partial charge in [0.25, 0.3) is 0 Å². The molecule has 1 aliphatic rings. The molecular formula is C39H42S. The summed E-state index contributed by atoms with van der Waals surface area (Å²) in [5.41, 5.74) is 7.72. The highest BCUT2D eigenvalue weighted by molar-refractivity contribution is 7.80. The predicted octanol–water partition coefficient (Wildman–Crippen LogP) is 11.1. The molecule has 4 aromatic carbocycles. The first-order chi connectivity index (χ1) is 19.6. The molecule has 0 saturated carbocycles. The standard InChI is InChI=1S/C24H24S.C13H12.C2H6/c1-19(9-8-12-20-10-4-2-5-11-20)24(25)23-17-15-22(16-18-23)21-13-6-3-7-14-21;1-11-7-9-13(10-8-11)12-5-3-2-4-6-12;1-2/h2-11,13,15-19,21H,12,14H2,1H3;2-10H,1H3;1-2H3/b9-8-;;/t19?,21-;;/m0../s1. The predicted molar refractivity (Wildman–Crippen MR) is 180 cm³/mol. The molecular weight excluding hydrogens is 500 g/mol. The van der Waals surface area contributed by atoms with E-state index in [-0.39, 0.29) is 5.92 Å². The first-order valence-corrected chi connectivity index (χ1v) is 14.8. The van der Waals surface area contributed by atoms with Crippen LogP contribution in [0.5, 0.6) is 0 Å². The van der Waals surface area contributed by atoms with E-state index < -0.39 is 0 Å². The SMILES string of the molecule is CC.CC(/C=C\Cc1ccccc1)C(=S)c1ccc([C@H]2C=CC=CC2)cc1.Cc1ccc(-c2ccccc2)cc1. The van der Waals surface area contributed by atoms with Crippen molar-refractivity contribution in [3.05, 3.63) is 168 Å². The molecule has 0 aliphatic heterocycles. The second-order valence-electron chi connectivity index (χ2n) is 9.78. The molecule has 204 valence electrons. The van der Waals surface area contributed by atoms with E-state index in [0.29, 0.717) is 5.92 Å². The highest BCUT2D eigenvalue weighted by Gasteiger charge is 2.11. The lowest BCUT2D eigenvalue weighted by Gasteiger charge is -2.15. The second-order valence-corrected chi connectivity index (χ2v) is 10.2. The van der Waals surface area contributed by atoms with Crippen LogP contribution in [0.2, 0.25) is 0 Å². The van der Waals surface area contributed by atoms with Crippen LogP contribution in [0.3, 0.4) is 0 Å². The number of aryl methyl sites for hydroxylation is 1. The fraction of sp³-hybridized carbons (Fsp3) is 0.205. The Morgan fingerprint density at radius 1 is 0.775 bits per heavy atom. The molecule has 0 fully saturated rings. The lowest BCUT2D eigenvalue weighted by molar-refractivity contribution is 0.853. The van der Waals surface area contributed by atoms with Crippen molar-refractivity contribution < 1.29 is 0 Å². The van der Waals surface area contributed by atoms with E-state index in [1.165, 1.54) is 27.8 Å². The number of hydrogen-bond donors (Lipinski definition) is 0. The van der Waals surface area contributed by atoms with Gasteiger partial charge in [-0.1, -0.05) is 184 Å². The smallest absolute Gasteiger partial charge is 0.0290 e. The summed E-state index contributed by atoms with van der Waals surface area (Å²) >= 11 is 5.70. The topological polar surface area (TPSA) is 0 Å². The molecule has 1 heteroatoms. The summed E-state index contributed by atoms with van der Waals surface area (Å²) in [6.45, 7) is 8.28. The van der Waals surface area contributed by atoms with Crippen LogP contribution >= 0.6 is 12.2 Å². The van der Waals surface area contributed by atoms with E-state index in [4.69, 9.17) is 12.2 Å². The van der Waals surface area contributed by atoms with Gasteiger partial charge in [-0.15, -0.1) is 0 Å². The molecule has 4 aromatic rings. The van der Waals surface area contributed by atoms with Gasteiger partial charge in [0.2, 0.25) is 0 Å². The van der Waals surface area contributed by atoms with Gasteiger partial charge in [-0.05, 0) is 47.6 Å². The van der Waals surface area contributed by atoms with Crippen LogP contribution in [0, 0.1) is 12.8 Å². The lowest BCUT2D eigenvalue weighted by atomic mass is 9.91. The maximum Gasteiger partial charge on any atom is 0.0290 e. The van der Waals surface area contributed by atoms with Crippen LogP contribution in [0.15, 0.2) is 146 Å². The molecule has 2 atom stereocenters. The number of hydrogen-bond acceptors (Lipinski definition) is 1. The molecule has 5 rings (SSSR count). The van der Waals surface area contributed by atoms with Gasteiger partial charge < -0.3 is 0 Å². The van der Waals surface area contributed by atoms with Crippen LogP contribution < -0.4 is 0 Å². The first-order valence-electron chi connectivity index (χ1n) is 14.4. The summed E-state index contributed by atoms with van der Waals surface area (Å²) < 4.78 is 0. The van der Waals surface area contributed by atoms with Gasteiger partial charge in [0.05, 0.1) is 0 Å². The Morgan fingerprint density at radius 3 is 1.98 bits per heavy atom. The Balaban J connectivity index is 0.000000246. The molecule has 0 radical (unpaired) electrons. The minimum Gasteiger partial charge on any atom is -0.0836 e. The van der Waals surface area contributed by atoms with Crippen molar-refractivity contribution in [2.75, 3.05) is 0 Å². The van der Waals surface area contributed by atoms with Crippen LogP contribution in [0.1, 0.15) is 55.4 Å². The molecule has 1 aliphatic carbocycles. The van der Waals surface area contributed by atoms with Crippen LogP contribution in [-0.2, 0) is 6.42 Å². The zero-order chi connectivity index (χ0) is 28.6. The Morgan fingerprint density at radius 2 is 1.38 bits per heavy atom. The minimum atomic E-state index is 0.266. The van der Waals surface area contributed by atoms with E-state index in [9.17, 15) is 0 Å². The quantitative estimate of drug-likeness (QED) is 0.127. The maximum absolute atomic E-state index is 5.70. The normalized spacial score (nSPS) is 14.4. The summed E-state index contributed by atoms with van der Waals surface area (Å²) in [5.74, 6) is 0.762. The molecule has 0 aromatic heterocycles. The number of thiocarbonyl (C=S) groups is 1. The summed E-state index contributed by atoms with van der Waals surface area (Å²) in [5, 5.41) is 0. The summed E-state index contributed by atoms with van der Waals surface area (Å²) in [4.78, 5) is 1.01. The number of rotatable bonds is 7. The van der Waals surface area contributed by atoms with Gasteiger partial charge in [-0.25, -0.2) is 0 Å². The fourth-order valence-corrected chi connectivity index (χ4v) is 4.69. The minimum absolute atomic E-state index is 0.266. The van der Waals surface area contributed by atoms with Crippen molar-refractivity contribution in [2.45, 2.75) is 46.5 Å². The highest BCUT2D eigenvalue weighted by Crippen LogP contribution is 2.25. The van der Waals surface area contributed by atoms with Gasteiger partial charge >= 0.3 is 0 Å². The summed E-state index contributed by atoms with van der Waals surface area (Å²) in [6, 6.07) is 38.3. The van der Waals surface area contributed by atoms with Crippen molar-refractivity contribution in [2.24, 2.45) is 5.92 Å². The lowest BCUT2D eigenvalue weighted by Crippen LogP contribution is -2.08. The Hall–Kier alpha value is -3.81. The van der Waals surface area contributed by atoms with E-state index in [1.54, 1.807) is 0 Å². The molecule has 0 bridgehead atoms. The fourth-order valence-electron chi connectivity index (χ4n) is 4.47. The molecule has 0 nitrogen and oxygen atoms in total. The Labute approximate surface area is 247 Å². The van der Waals surface area contributed by atoms with E-state index in [2.05, 4.69) is 147 Å². The van der Waals surface area contributed by atoms with Crippen LogP contribution in [0.25, 0.3) is 11.1 Å². The monoisotopic (exact) mass is 542 g/mol. The van der Waals surface area contributed by atoms with E-state index in [1.807, 2.05) is 26.0 Å². The number of allylic oxidation sites excluding steroid dienone is 6. The maximum atomic E-state index is 5.70. The molecule has 0 amide bonds. The molecule has 1 unspecified atom stereocenters. The zero-order valence-electron chi connectivity index (χ0n) is 24.3. The van der Waals surface area contributed by atoms with Crippen LogP contribution in [0.4, 0.5) is 0 Å². The largest absolute Gasteiger partial charge is 0.0836 e. The van der Waals surface area contributed by atoms with Crippen molar-refractivity contribution in [1.29, 1.82) is 0 Å². The molecule has 40 heavy (non-hydrogen) atoms. The summed E-state index contributed by atoms with van der Waals surface area (Å²) in [6.07, 6.45) is 15.2. The Bertz CT molecular complexity index is 1360. The third-order valence-electron chi connectivity index (χ3n) is 6.80. The van der Waals surface area contributed by atoms with Crippen molar-refractivity contribution >= 4 is 17.1 Å². The van der Waals surface area contributed by atoms with Gasteiger partial charge in [0, 0.05) is 16.7 Å². The summed E-state index contributed by atoms with van der Waals surface area (Å²) in [7, 11) is 0. The Kier molecular flexibility index (Phi) is 13.1. The number of benzene rings is 4. The van der Waals surface area contributed by atoms with E-state index >= 15 is 0 Å². The zero-order valence-corrected chi connectivity index (χ0v) is 25.2. The first kappa shape index (κ1) is 30.7. The molecule has 0 N–H and O–H groups in total. The van der Waals surface area contributed by atoms with Crippen molar-refractivity contribution in [3.8, 4) is 11.1 Å². The molecule has 0 saturated heterocycles. The van der Waals surface area contributed by atoms with Crippen molar-refractivity contribution in [3.63, 3.8) is 0 Å². The van der Waals surface area contributed by atoms with Gasteiger partial charge in [0.15, 0.2) is 0 Å². The molecule has 0 heterocycles. The van der Waals surface area contributed by atoms with Crippen molar-refractivity contribution in [1.82, 2.24) is 0 Å². The second kappa shape index (κ2) is 17.0. The van der Waals surface area contributed by atoms with Crippen LogP contribution in [-0.4, -0.2) is 4.86 Å². The van der Waals surface area contributed by atoms with E-state index in [0.717, 1.165) is 23.3 Å². The average Bonchev–Trinajstić information content (AvgIpc) is 3.04. The molecule has 0 spiro atoms. The van der Waals surface area contributed by atoms with Gasteiger partial charge in [-0.3, -0.25) is 0 Å².